The summed E-state index contributed by atoms with van der Waals surface area (Å²) in [5.41, 5.74) is 1.13. The van der Waals surface area contributed by atoms with E-state index in [4.69, 9.17) is 11.6 Å². The van der Waals surface area contributed by atoms with Gasteiger partial charge in [0.15, 0.2) is 8.24 Å². The van der Waals surface area contributed by atoms with Gasteiger partial charge in [-0.2, -0.15) is 0 Å². The normalized spacial score (nSPS) is 12.7. The summed E-state index contributed by atoms with van der Waals surface area (Å²) in [5.74, 6) is 0. The first kappa shape index (κ1) is 12.6. The van der Waals surface area contributed by atoms with Gasteiger partial charge in [-0.1, -0.05) is 51.5 Å². The van der Waals surface area contributed by atoms with Gasteiger partial charge in [-0.25, -0.2) is 0 Å². The molecule has 0 heterocycles. The first-order valence-electron chi connectivity index (χ1n) is 5.26. The van der Waals surface area contributed by atoms with Crippen LogP contribution < -0.4 is 4.98 Å². The second-order valence-corrected chi connectivity index (χ2v) is 10.9. The van der Waals surface area contributed by atoms with E-state index in [0.29, 0.717) is 5.04 Å². The minimum absolute atomic E-state index is 0.329. The van der Waals surface area contributed by atoms with Crippen molar-refractivity contribution in [2.45, 2.75) is 38.9 Å². The van der Waals surface area contributed by atoms with Gasteiger partial charge in [-0.05, 0) is 23.2 Å². The van der Waals surface area contributed by atoms with E-state index < -0.39 is 8.24 Å². The zero-order valence-corrected chi connectivity index (χ0v) is 11.9. The summed E-state index contributed by atoms with van der Waals surface area (Å²) in [6.45, 7) is 11.5. The fourth-order valence-corrected chi connectivity index (χ4v) is 2.56. The Morgan fingerprint density at radius 1 is 1.20 bits per heavy atom. The average molecular weight is 242 g/mol. The third-order valence-corrected chi connectivity index (χ3v) is 8.06. The summed E-state index contributed by atoms with van der Waals surface area (Å²) < 4.78 is 0. The Morgan fingerprint density at radius 3 is 2.27 bits per heavy atom. The second-order valence-electron chi connectivity index (χ2n) is 5.51. The molecule has 0 saturated carbocycles. The number of benzene rings is 1. The van der Waals surface area contributed by atoms with Crippen molar-refractivity contribution in [1.82, 2.24) is 0 Å². The van der Waals surface area contributed by atoms with Crippen molar-refractivity contribution in [2.24, 2.45) is 0 Å². The van der Waals surface area contributed by atoms with Gasteiger partial charge in [-0.15, -0.1) is 0 Å². The Balaban J connectivity index is 2.87. The number of halogens is 1. The molecule has 0 saturated heterocycles. The topological polar surface area (TPSA) is 12.0 Å². The lowest BCUT2D eigenvalue weighted by Gasteiger charge is -2.38. The Bertz CT molecular complexity index is 342. The highest BCUT2D eigenvalue weighted by Crippen LogP contribution is 2.36. The summed E-state index contributed by atoms with van der Waals surface area (Å²) >= 11 is 5.96. The minimum atomic E-state index is -1.48. The molecule has 0 aliphatic rings. The Morgan fingerprint density at radius 2 is 1.80 bits per heavy atom. The molecule has 0 spiro atoms. The molecule has 0 atom stereocenters. The highest BCUT2D eigenvalue weighted by atomic mass is 35.5. The summed E-state index contributed by atoms with van der Waals surface area (Å²) in [7, 11) is -1.48. The number of rotatable bonds is 2. The predicted molar refractivity (Wildman–Crippen MR) is 72.3 cm³/mol. The molecule has 0 amide bonds. The van der Waals surface area contributed by atoms with Crippen molar-refractivity contribution >= 4 is 25.5 Å². The number of hydrogen-bond acceptors (Lipinski definition) is 1. The minimum Gasteiger partial charge on any atom is -0.410 e. The summed E-state index contributed by atoms with van der Waals surface area (Å²) in [6.07, 6.45) is 0. The molecule has 0 aliphatic carbocycles. The van der Waals surface area contributed by atoms with Gasteiger partial charge in [0, 0.05) is 10.7 Å². The molecule has 0 radical (unpaired) electrons. The molecule has 84 valence electrons. The first-order chi connectivity index (χ1) is 6.72. The Kier molecular flexibility index (Phi) is 3.51. The van der Waals surface area contributed by atoms with Crippen LogP contribution in [0.2, 0.25) is 23.2 Å². The van der Waals surface area contributed by atoms with Crippen LogP contribution in [0.4, 0.5) is 5.69 Å². The van der Waals surface area contributed by atoms with Crippen LogP contribution in [0, 0.1) is 0 Å². The second kappa shape index (κ2) is 4.18. The van der Waals surface area contributed by atoms with Crippen molar-refractivity contribution in [3.8, 4) is 0 Å². The van der Waals surface area contributed by atoms with Gasteiger partial charge < -0.3 is 4.98 Å². The lowest BCUT2D eigenvalue weighted by atomic mass is 10.2. The quantitative estimate of drug-likeness (QED) is 0.737. The SMILES string of the molecule is CC(C)(C)[Si](C)(C)Nc1cccc(Cl)c1. The van der Waals surface area contributed by atoms with E-state index >= 15 is 0 Å². The van der Waals surface area contributed by atoms with Gasteiger partial charge in [0.2, 0.25) is 0 Å². The largest absolute Gasteiger partial charge is 0.410 e. The summed E-state index contributed by atoms with van der Waals surface area (Å²) in [6, 6.07) is 7.95. The molecule has 1 rings (SSSR count). The Labute approximate surface area is 98.9 Å². The van der Waals surface area contributed by atoms with E-state index in [-0.39, 0.29) is 0 Å². The monoisotopic (exact) mass is 241 g/mol. The molecular weight excluding hydrogens is 222 g/mol. The van der Waals surface area contributed by atoms with Gasteiger partial charge >= 0.3 is 0 Å². The van der Waals surface area contributed by atoms with Crippen LogP contribution in [0.5, 0.6) is 0 Å². The van der Waals surface area contributed by atoms with Crippen LogP contribution in [0.3, 0.4) is 0 Å². The molecule has 1 nitrogen and oxygen atoms in total. The third-order valence-electron chi connectivity index (χ3n) is 3.16. The highest BCUT2D eigenvalue weighted by Gasteiger charge is 2.35. The Hall–Kier alpha value is -0.473. The van der Waals surface area contributed by atoms with Crippen LogP contribution in [0.1, 0.15) is 20.8 Å². The van der Waals surface area contributed by atoms with Crippen molar-refractivity contribution in [1.29, 1.82) is 0 Å². The van der Waals surface area contributed by atoms with Gasteiger partial charge in [0.25, 0.3) is 0 Å². The fourth-order valence-electron chi connectivity index (χ4n) is 1.11. The molecule has 0 unspecified atom stereocenters. The number of anilines is 1. The van der Waals surface area contributed by atoms with Crippen LogP contribution in [-0.4, -0.2) is 8.24 Å². The lowest BCUT2D eigenvalue weighted by Crippen LogP contribution is -2.45. The van der Waals surface area contributed by atoms with E-state index in [9.17, 15) is 0 Å². The standard InChI is InChI=1S/C12H20ClNSi/c1-12(2,3)15(4,5)14-11-8-6-7-10(13)9-11/h6-9,14H,1-5H3. The molecule has 3 heteroatoms. The number of hydrogen-bond donors (Lipinski definition) is 1. The molecule has 1 aromatic carbocycles. The molecular formula is C12H20ClNSi. The average Bonchev–Trinajstić information content (AvgIpc) is 2.00. The zero-order valence-electron chi connectivity index (χ0n) is 10.2. The van der Waals surface area contributed by atoms with Crippen LogP contribution >= 0.6 is 11.6 Å². The van der Waals surface area contributed by atoms with E-state index in [0.717, 1.165) is 10.7 Å². The van der Waals surface area contributed by atoms with Crippen LogP contribution in [-0.2, 0) is 0 Å². The maximum absolute atomic E-state index is 5.96. The molecule has 1 aromatic rings. The van der Waals surface area contributed by atoms with Gasteiger partial charge in [0.05, 0.1) is 0 Å². The number of nitrogens with one attached hydrogen (secondary N) is 1. The van der Waals surface area contributed by atoms with E-state index in [2.05, 4.69) is 44.9 Å². The molecule has 0 aliphatic heterocycles. The van der Waals surface area contributed by atoms with Crippen LogP contribution in [0.15, 0.2) is 24.3 Å². The van der Waals surface area contributed by atoms with E-state index in [1.54, 1.807) is 0 Å². The van der Waals surface area contributed by atoms with Crippen LogP contribution in [0.25, 0.3) is 0 Å². The zero-order chi connectivity index (χ0) is 11.7. The summed E-state index contributed by atoms with van der Waals surface area (Å²) in [4.78, 5) is 3.65. The van der Waals surface area contributed by atoms with Gasteiger partial charge in [0.1, 0.15) is 0 Å². The van der Waals surface area contributed by atoms with E-state index in [1.165, 1.54) is 0 Å². The van der Waals surface area contributed by atoms with E-state index in [1.807, 2.05) is 18.2 Å². The van der Waals surface area contributed by atoms with Crippen molar-refractivity contribution in [3.05, 3.63) is 29.3 Å². The summed E-state index contributed by atoms with van der Waals surface area (Å²) in [5, 5.41) is 1.12. The molecule has 15 heavy (non-hydrogen) atoms. The smallest absolute Gasteiger partial charge is 0.152 e. The lowest BCUT2D eigenvalue weighted by molar-refractivity contribution is 0.723. The maximum Gasteiger partial charge on any atom is 0.152 e. The van der Waals surface area contributed by atoms with Crippen molar-refractivity contribution in [3.63, 3.8) is 0 Å². The molecule has 0 bridgehead atoms. The van der Waals surface area contributed by atoms with Crippen molar-refractivity contribution in [2.75, 3.05) is 4.98 Å². The highest BCUT2D eigenvalue weighted by molar-refractivity contribution is 6.83. The first-order valence-corrected chi connectivity index (χ1v) is 8.64. The molecule has 0 fully saturated rings. The molecule has 0 aromatic heterocycles. The van der Waals surface area contributed by atoms with Crippen molar-refractivity contribution < 1.29 is 0 Å². The third kappa shape index (κ3) is 3.25. The van der Waals surface area contributed by atoms with Gasteiger partial charge in [-0.3, -0.25) is 0 Å². The predicted octanol–water partition coefficient (Wildman–Crippen LogP) is 4.76. The fraction of sp³-hybridized carbons (Fsp3) is 0.500. The molecule has 1 N–H and O–H groups in total. The maximum atomic E-state index is 5.96.